The Morgan fingerprint density at radius 2 is 1.65 bits per heavy atom. The number of thioether (sulfide) groups is 1. The highest BCUT2D eigenvalue weighted by Crippen LogP contribution is 2.34. The summed E-state index contributed by atoms with van der Waals surface area (Å²) in [7, 11) is 0. The van der Waals surface area contributed by atoms with Crippen LogP contribution in [0.4, 0.5) is 32.0 Å². The third-order valence-corrected chi connectivity index (χ3v) is 7.35. The van der Waals surface area contributed by atoms with Crippen molar-refractivity contribution in [3.8, 4) is 5.69 Å². The van der Waals surface area contributed by atoms with Gasteiger partial charge in [0.15, 0.2) is 11.0 Å². The molecule has 2 amide bonds. The van der Waals surface area contributed by atoms with Crippen molar-refractivity contribution in [1.82, 2.24) is 20.1 Å². The second-order valence-electron chi connectivity index (χ2n) is 9.28. The van der Waals surface area contributed by atoms with Gasteiger partial charge >= 0.3 is 12.4 Å². The van der Waals surface area contributed by atoms with Crippen LogP contribution in [0.3, 0.4) is 0 Å². The fraction of sp³-hybridized carbons (Fsp3) is 0.214. The average molecular weight is 642 g/mol. The molecule has 0 unspecified atom stereocenters. The lowest BCUT2D eigenvalue weighted by molar-refractivity contribution is -0.138. The van der Waals surface area contributed by atoms with Gasteiger partial charge in [0, 0.05) is 0 Å². The van der Waals surface area contributed by atoms with Crippen LogP contribution < -0.4 is 10.6 Å². The minimum Gasteiger partial charge on any atom is -0.345 e. The third-order valence-electron chi connectivity index (χ3n) is 6.09. The fourth-order valence-electron chi connectivity index (χ4n) is 4.01. The van der Waals surface area contributed by atoms with Crippen molar-refractivity contribution in [3.63, 3.8) is 0 Å². The first-order valence-corrected chi connectivity index (χ1v) is 13.8. The van der Waals surface area contributed by atoms with Crippen LogP contribution in [-0.4, -0.2) is 32.3 Å². The van der Waals surface area contributed by atoms with Gasteiger partial charge in [0.05, 0.1) is 45.4 Å². The number of rotatable bonds is 8. The lowest BCUT2D eigenvalue weighted by Gasteiger charge is -2.15. The van der Waals surface area contributed by atoms with Crippen LogP contribution in [0, 0.1) is 13.8 Å². The molecular weight excluding hydrogens is 620 g/mol. The van der Waals surface area contributed by atoms with Crippen LogP contribution in [0.1, 0.15) is 38.4 Å². The summed E-state index contributed by atoms with van der Waals surface area (Å²) in [5, 5.41) is 13.1. The van der Waals surface area contributed by atoms with Crippen molar-refractivity contribution in [2.45, 2.75) is 37.9 Å². The molecule has 0 saturated carbocycles. The first-order chi connectivity index (χ1) is 20.1. The summed E-state index contributed by atoms with van der Waals surface area (Å²) in [5.41, 5.74) is -0.647. The number of carbonyl (C=O) groups is 2. The molecule has 4 rings (SSSR count). The van der Waals surface area contributed by atoms with Crippen LogP contribution in [0.5, 0.6) is 0 Å². The van der Waals surface area contributed by atoms with Crippen molar-refractivity contribution < 1.29 is 35.9 Å². The Morgan fingerprint density at radius 3 is 2.35 bits per heavy atom. The lowest BCUT2D eigenvalue weighted by atomic mass is 10.1. The van der Waals surface area contributed by atoms with Gasteiger partial charge in [-0.2, -0.15) is 26.3 Å². The van der Waals surface area contributed by atoms with Gasteiger partial charge in [-0.3, -0.25) is 14.2 Å². The topological polar surface area (TPSA) is 88.9 Å². The number of nitrogens with one attached hydrogen (secondary N) is 2. The number of anilines is 1. The molecule has 15 heteroatoms. The van der Waals surface area contributed by atoms with Crippen LogP contribution in [0.15, 0.2) is 65.8 Å². The number of alkyl halides is 6. The molecule has 0 aliphatic heterocycles. The SMILES string of the molecule is Cc1ccc(C)c(-n2c(CNC(=O)c3ccccc3C(F)(F)F)nnc2SCC(=O)Nc2cc(C(F)(F)F)ccc2Cl)c1. The second kappa shape index (κ2) is 12.7. The standard InChI is InChI=1S/C28H22ClF6N5O2S/c1-15-7-8-16(2)22(11-15)40-23(13-36-25(42)18-5-3-4-6-19(18)28(33,34)35)38-39-26(40)43-14-24(41)37-21-12-17(27(30,31)32)9-10-20(21)29/h3-12H,13-14H2,1-2H3,(H,36,42)(H,37,41). The number of carbonyl (C=O) groups excluding carboxylic acids is 2. The molecular formula is C28H22ClF6N5O2S. The van der Waals surface area contributed by atoms with E-state index in [1.54, 1.807) is 17.6 Å². The Hall–Kier alpha value is -4.04. The van der Waals surface area contributed by atoms with E-state index in [4.69, 9.17) is 11.6 Å². The van der Waals surface area contributed by atoms with E-state index in [9.17, 15) is 35.9 Å². The van der Waals surface area contributed by atoms with Gasteiger partial charge in [0.1, 0.15) is 0 Å². The summed E-state index contributed by atoms with van der Waals surface area (Å²) in [6.07, 6.45) is -9.38. The first kappa shape index (κ1) is 31.9. The van der Waals surface area contributed by atoms with Crippen molar-refractivity contribution in [1.29, 1.82) is 0 Å². The van der Waals surface area contributed by atoms with Gasteiger partial charge in [-0.1, -0.05) is 47.6 Å². The minimum atomic E-state index is -4.74. The smallest absolute Gasteiger partial charge is 0.345 e. The van der Waals surface area contributed by atoms with E-state index < -0.39 is 40.9 Å². The molecule has 0 aliphatic rings. The highest BCUT2D eigenvalue weighted by Gasteiger charge is 2.35. The zero-order valence-electron chi connectivity index (χ0n) is 22.4. The van der Waals surface area contributed by atoms with Gasteiger partial charge in [-0.25, -0.2) is 0 Å². The summed E-state index contributed by atoms with van der Waals surface area (Å²) >= 11 is 6.88. The summed E-state index contributed by atoms with van der Waals surface area (Å²) in [6, 6.07) is 12.4. The number of amides is 2. The maximum absolute atomic E-state index is 13.4. The Balaban J connectivity index is 1.57. The van der Waals surface area contributed by atoms with Crippen molar-refractivity contribution >= 4 is 40.9 Å². The quantitative estimate of drug-likeness (QED) is 0.157. The fourth-order valence-corrected chi connectivity index (χ4v) is 4.94. The first-order valence-electron chi connectivity index (χ1n) is 12.4. The Bertz CT molecular complexity index is 1670. The number of aromatic nitrogens is 3. The predicted octanol–water partition coefficient (Wildman–Crippen LogP) is 7.24. The van der Waals surface area contributed by atoms with Gasteiger partial charge in [-0.15, -0.1) is 10.2 Å². The van der Waals surface area contributed by atoms with Crippen molar-refractivity contribution in [3.05, 3.63) is 99.3 Å². The van der Waals surface area contributed by atoms with E-state index in [2.05, 4.69) is 20.8 Å². The summed E-state index contributed by atoms with van der Waals surface area (Å²) in [4.78, 5) is 25.4. The molecule has 2 N–H and O–H groups in total. The molecule has 0 bridgehead atoms. The number of nitrogens with zero attached hydrogens (tertiary/aromatic N) is 3. The van der Waals surface area contributed by atoms with E-state index in [0.29, 0.717) is 5.69 Å². The van der Waals surface area contributed by atoms with Crippen molar-refractivity contribution in [2.24, 2.45) is 0 Å². The molecule has 0 saturated heterocycles. The zero-order valence-corrected chi connectivity index (χ0v) is 24.0. The Labute approximate surface area is 250 Å². The Morgan fingerprint density at radius 1 is 0.930 bits per heavy atom. The molecule has 1 aromatic heterocycles. The lowest BCUT2D eigenvalue weighted by Crippen LogP contribution is -2.27. The van der Waals surface area contributed by atoms with Gasteiger partial charge < -0.3 is 10.6 Å². The second-order valence-corrected chi connectivity index (χ2v) is 10.6. The third kappa shape index (κ3) is 7.68. The molecule has 7 nitrogen and oxygen atoms in total. The monoisotopic (exact) mass is 641 g/mol. The molecule has 0 atom stereocenters. The summed E-state index contributed by atoms with van der Waals surface area (Å²) < 4.78 is 81.1. The Kier molecular flexibility index (Phi) is 9.40. The predicted molar refractivity (Wildman–Crippen MR) is 149 cm³/mol. The van der Waals surface area contributed by atoms with E-state index in [-0.39, 0.29) is 34.0 Å². The normalized spacial score (nSPS) is 11.8. The molecule has 3 aromatic carbocycles. The largest absolute Gasteiger partial charge is 0.417 e. The van der Waals surface area contributed by atoms with Crippen LogP contribution in [-0.2, 0) is 23.7 Å². The number of hydrogen-bond acceptors (Lipinski definition) is 5. The molecule has 0 radical (unpaired) electrons. The molecule has 0 fully saturated rings. The van der Waals surface area contributed by atoms with Gasteiger partial charge in [0.25, 0.3) is 5.91 Å². The van der Waals surface area contributed by atoms with Crippen molar-refractivity contribution in [2.75, 3.05) is 11.1 Å². The molecule has 226 valence electrons. The summed E-state index contributed by atoms with van der Waals surface area (Å²) in [5.74, 6) is -1.80. The maximum Gasteiger partial charge on any atom is 0.417 e. The molecule has 4 aromatic rings. The van der Waals surface area contributed by atoms with Crippen LogP contribution >= 0.6 is 23.4 Å². The average Bonchev–Trinajstić information content (AvgIpc) is 3.34. The van der Waals surface area contributed by atoms with E-state index in [1.807, 2.05) is 19.1 Å². The van der Waals surface area contributed by atoms with Crippen LogP contribution in [0.25, 0.3) is 5.69 Å². The van der Waals surface area contributed by atoms with E-state index in [0.717, 1.165) is 53.2 Å². The number of aryl methyl sites for hydroxylation is 2. The van der Waals surface area contributed by atoms with E-state index >= 15 is 0 Å². The molecule has 0 spiro atoms. The van der Waals surface area contributed by atoms with Crippen LogP contribution in [0.2, 0.25) is 5.02 Å². The van der Waals surface area contributed by atoms with Gasteiger partial charge in [-0.05, 0) is 61.4 Å². The highest BCUT2D eigenvalue weighted by atomic mass is 35.5. The summed E-state index contributed by atoms with van der Waals surface area (Å²) in [6.45, 7) is 3.33. The zero-order chi connectivity index (χ0) is 31.5. The number of hydrogen-bond donors (Lipinski definition) is 2. The minimum absolute atomic E-state index is 0.0879. The number of halogens is 7. The molecule has 0 aliphatic carbocycles. The molecule has 1 heterocycles. The number of benzene rings is 3. The van der Waals surface area contributed by atoms with Gasteiger partial charge in [0.2, 0.25) is 5.91 Å². The van der Waals surface area contributed by atoms with E-state index in [1.165, 1.54) is 12.1 Å². The molecule has 43 heavy (non-hydrogen) atoms. The maximum atomic E-state index is 13.4. The highest BCUT2D eigenvalue weighted by molar-refractivity contribution is 7.99.